The largest absolute Gasteiger partial charge is 0.481 e. The Morgan fingerprint density at radius 3 is 2.80 bits per heavy atom. The molecule has 0 radical (unpaired) electrons. The maximum atomic E-state index is 12.3. The second-order valence-electron chi connectivity index (χ2n) is 4.62. The Morgan fingerprint density at radius 1 is 1.55 bits per heavy atom. The topological polar surface area (TPSA) is 105 Å². The number of rotatable bonds is 3. The average Bonchev–Trinajstić information content (AvgIpc) is 2.73. The minimum Gasteiger partial charge on any atom is -0.481 e. The average molecular weight is 318 g/mol. The summed E-state index contributed by atoms with van der Waals surface area (Å²) < 4.78 is 23.2. The molecule has 1 N–H and O–H groups in total. The number of carbonyl (C=O) groups is 2. The Morgan fingerprint density at radius 2 is 2.25 bits per heavy atom. The summed E-state index contributed by atoms with van der Waals surface area (Å²) in [6, 6.07) is -0.833. The van der Waals surface area contributed by atoms with Gasteiger partial charge in [0.15, 0.2) is 9.84 Å². The van der Waals surface area contributed by atoms with Crippen LogP contribution in [0.2, 0.25) is 0 Å². The number of aliphatic carboxylic acids is 1. The molecule has 0 saturated carbocycles. The summed E-state index contributed by atoms with van der Waals surface area (Å²) in [6.45, 7) is 1.77. The Hall–Kier alpha value is -1.48. The Bertz CT molecular complexity index is 637. The van der Waals surface area contributed by atoms with Gasteiger partial charge in [0.2, 0.25) is 0 Å². The number of aromatic nitrogens is 1. The molecule has 1 aliphatic heterocycles. The Labute approximate surface area is 120 Å². The number of hydrogen-bond acceptors (Lipinski definition) is 6. The third-order valence-electron chi connectivity index (χ3n) is 3.04. The zero-order valence-corrected chi connectivity index (χ0v) is 12.4. The highest BCUT2D eigenvalue weighted by Crippen LogP contribution is 2.19. The number of amides is 1. The van der Waals surface area contributed by atoms with Crippen molar-refractivity contribution in [3.05, 3.63) is 16.1 Å². The van der Waals surface area contributed by atoms with Crippen LogP contribution in [0.25, 0.3) is 0 Å². The van der Waals surface area contributed by atoms with Crippen molar-refractivity contribution in [1.82, 2.24) is 9.88 Å². The Kier molecular flexibility index (Phi) is 4.09. The van der Waals surface area contributed by atoms with E-state index in [4.69, 9.17) is 5.11 Å². The quantitative estimate of drug-likeness (QED) is 0.851. The molecule has 0 spiro atoms. The van der Waals surface area contributed by atoms with Gasteiger partial charge < -0.3 is 10.0 Å². The van der Waals surface area contributed by atoms with Crippen molar-refractivity contribution in [2.24, 2.45) is 0 Å². The lowest BCUT2D eigenvalue weighted by molar-refractivity contribution is -0.138. The van der Waals surface area contributed by atoms with Gasteiger partial charge in [0.1, 0.15) is 5.69 Å². The number of carboxylic acids is 1. The second kappa shape index (κ2) is 5.49. The van der Waals surface area contributed by atoms with Crippen molar-refractivity contribution < 1.29 is 23.1 Å². The minimum absolute atomic E-state index is 0.00961. The first-order chi connectivity index (χ1) is 9.28. The first-order valence-corrected chi connectivity index (χ1v) is 8.64. The highest BCUT2D eigenvalue weighted by molar-refractivity contribution is 7.91. The molecule has 0 aliphatic carbocycles. The molecular weight excluding hydrogens is 304 g/mol. The second-order valence-corrected chi connectivity index (χ2v) is 7.91. The molecule has 1 fully saturated rings. The van der Waals surface area contributed by atoms with Crippen molar-refractivity contribution in [3.63, 3.8) is 0 Å². The van der Waals surface area contributed by atoms with Crippen LogP contribution in [-0.2, 0) is 14.6 Å². The van der Waals surface area contributed by atoms with Crippen molar-refractivity contribution in [2.75, 3.05) is 18.1 Å². The van der Waals surface area contributed by atoms with Crippen LogP contribution in [0.5, 0.6) is 0 Å². The van der Waals surface area contributed by atoms with Crippen LogP contribution in [0.3, 0.4) is 0 Å². The number of nitrogens with zero attached hydrogens (tertiary/aromatic N) is 2. The van der Waals surface area contributed by atoms with Gasteiger partial charge in [-0.2, -0.15) is 0 Å². The summed E-state index contributed by atoms with van der Waals surface area (Å²) in [6.07, 6.45) is -0.381. The summed E-state index contributed by atoms with van der Waals surface area (Å²) in [4.78, 5) is 28.5. The number of carboxylic acid groups (broad SMARTS) is 1. The molecule has 20 heavy (non-hydrogen) atoms. The van der Waals surface area contributed by atoms with Gasteiger partial charge in [0.05, 0.1) is 29.0 Å². The number of sulfone groups is 1. The van der Waals surface area contributed by atoms with E-state index in [1.807, 2.05) is 0 Å². The molecule has 2 heterocycles. The molecule has 1 aliphatic rings. The van der Waals surface area contributed by atoms with E-state index in [9.17, 15) is 18.0 Å². The smallest absolute Gasteiger partial charge is 0.305 e. The monoisotopic (exact) mass is 318 g/mol. The number of thiazole rings is 1. The molecule has 9 heteroatoms. The summed E-state index contributed by atoms with van der Waals surface area (Å²) in [7, 11) is -3.30. The summed E-state index contributed by atoms with van der Waals surface area (Å²) in [5.74, 6) is -1.98. The minimum atomic E-state index is -3.30. The third kappa shape index (κ3) is 3.34. The lowest BCUT2D eigenvalue weighted by atomic mass is 10.2. The zero-order chi connectivity index (χ0) is 14.9. The molecule has 110 valence electrons. The van der Waals surface area contributed by atoms with Gasteiger partial charge in [-0.25, -0.2) is 13.4 Å². The first-order valence-electron chi connectivity index (χ1n) is 5.94. The van der Waals surface area contributed by atoms with Crippen LogP contribution in [0.1, 0.15) is 21.9 Å². The van der Waals surface area contributed by atoms with E-state index in [-0.39, 0.29) is 30.2 Å². The molecule has 0 aromatic carbocycles. The van der Waals surface area contributed by atoms with Gasteiger partial charge in [-0.05, 0) is 6.92 Å². The van der Waals surface area contributed by atoms with E-state index in [1.54, 1.807) is 12.3 Å². The SMILES string of the molecule is Cc1nc(C(=O)N2CCS(=O)(=O)CC2CC(=O)O)cs1. The predicted molar refractivity (Wildman–Crippen MR) is 72.6 cm³/mol. The molecular formula is C11H14N2O5S2. The van der Waals surface area contributed by atoms with Crippen molar-refractivity contribution in [3.8, 4) is 0 Å². The molecule has 1 aromatic rings. The van der Waals surface area contributed by atoms with Crippen LogP contribution in [0.4, 0.5) is 0 Å². The van der Waals surface area contributed by atoms with E-state index < -0.39 is 27.8 Å². The first kappa shape index (κ1) is 14.9. The standard InChI is InChI=1S/C11H14N2O5S2/c1-7-12-9(5-19-7)11(16)13-2-3-20(17,18)6-8(13)4-10(14)15/h5,8H,2-4,6H2,1H3,(H,14,15). The van der Waals surface area contributed by atoms with Crippen molar-refractivity contribution >= 4 is 33.1 Å². The molecule has 1 saturated heterocycles. The third-order valence-corrected chi connectivity index (χ3v) is 5.51. The fourth-order valence-electron chi connectivity index (χ4n) is 2.13. The number of carbonyl (C=O) groups excluding carboxylic acids is 1. The lowest BCUT2D eigenvalue weighted by Crippen LogP contribution is -2.52. The molecule has 2 rings (SSSR count). The van der Waals surface area contributed by atoms with Crippen LogP contribution < -0.4 is 0 Å². The summed E-state index contributed by atoms with van der Waals surface area (Å²) >= 11 is 1.32. The number of hydrogen-bond donors (Lipinski definition) is 1. The van der Waals surface area contributed by atoms with E-state index in [1.165, 1.54) is 16.2 Å². The van der Waals surface area contributed by atoms with E-state index in [0.717, 1.165) is 5.01 Å². The van der Waals surface area contributed by atoms with Gasteiger partial charge >= 0.3 is 5.97 Å². The molecule has 1 atom stereocenters. The maximum Gasteiger partial charge on any atom is 0.305 e. The highest BCUT2D eigenvalue weighted by Gasteiger charge is 2.36. The molecule has 1 unspecified atom stereocenters. The molecule has 1 aromatic heterocycles. The zero-order valence-electron chi connectivity index (χ0n) is 10.8. The van der Waals surface area contributed by atoms with Gasteiger partial charge in [-0.3, -0.25) is 9.59 Å². The normalized spacial score (nSPS) is 21.6. The van der Waals surface area contributed by atoms with E-state index in [2.05, 4.69) is 4.98 Å². The summed E-state index contributed by atoms with van der Waals surface area (Å²) in [5, 5.41) is 11.2. The number of aryl methyl sites for hydroxylation is 1. The molecule has 7 nitrogen and oxygen atoms in total. The van der Waals surface area contributed by atoms with Crippen LogP contribution >= 0.6 is 11.3 Å². The van der Waals surface area contributed by atoms with Gasteiger partial charge in [-0.15, -0.1) is 11.3 Å². The van der Waals surface area contributed by atoms with Gasteiger partial charge in [-0.1, -0.05) is 0 Å². The fraction of sp³-hybridized carbons (Fsp3) is 0.545. The van der Waals surface area contributed by atoms with Crippen molar-refractivity contribution in [2.45, 2.75) is 19.4 Å². The predicted octanol–water partition coefficient (Wildman–Crippen LogP) is 0.165. The Balaban J connectivity index is 2.23. The van der Waals surface area contributed by atoms with Gasteiger partial charge in [0.25, 0.3) is 5.91 Å². The molecule has 1 amide bonds. The fourth-order valence-corrected chi connectivity index (χ4v) is 4.25. The van der Waals surface area contributed by atoms with Gasteiger partial charge in [0, 0.05) is 11.9 Å². The van der Waals surface area contributed by atoms with Crippen LogP contribution in [-0.4, -0.2) is 59.4 Å². The molecule has 0 bridgehead atoms. The van der Waals surface area contributed by atoms with Crippen molar-refractivity contribution in [1.29, 1.82) is 0 Å². The lowest BCUT2D eigenvalue weighted by Gasteiger charge is -2.34. The van der Waals surface area contributed by atoms with Crippen LogP contribution in [0, 0.1) is 6.92 Å². The van der Waals surface area contributed by atoms with E-state index >= 15 is 0 Å². The summed E-state index contributed by atoms with van der Waals surface area (Å²) in [5.41, 5.74) is 0.238. The maximum absolute atomic E-state index is 12.3. The highest BCUT2D eigenvalue weighted by atomic mass is 32.2. The van der Waals surface area contributed by atoms with E-state index in [0.29, 0.717) is 0 Å². The van der Waals surface area contributed by atoms with Crippen LogP contribution in [0.15, 0.2) is 5.38 Å².